The molecule has 0 unspecified atom stereocenters. The van der Waals surface area contributed by atoms with Crippen molar-refractivity contribution in [1.29, 1.82) is 0 Å². The van der Waals surface area contributed by atoms with Gasteiger partial charge in [-0.15, -0.1) is 0 Å². The molecule has 2 nitrogen and oxygen atoms in total. The lowest BCUT2D eigenvalue weighted by atomic mass is 10.1. The third kappa shape index (κ3) is 1.20. The summed E-state index contributed by atoms with van der Waals surface area (Å²) in [6.07, 6.45) is 1.66. The van der Waals surface area contributed by atoms with Crippen LogP contribution in [0, 0.1) is 13.8 Å². The quantitative estimate of drug-likeness (QED) is 0.633. The maximum absolute atomic E-state index is 11.5. The molecule has 0 aromatic heterocycles. The van der Waals surface area contributed by atoms with Crippen molar-refractivity contribution in [2.75, 3.05) is 0 Å². The van der Waals surface area contributed by atoms with E-state index in [2.05, 4.69) is 0 Å². The van der Waals surface area contributed by atoms with Gasteiger partial charge in [-0.2, -0.15) is 0 Å². The summed E-state index contributed by atoms with van der Waals surface area (Å²) in [5.74, 6) is 0. The first kappa shape index (κ1) is 8.51. The van der Waals surface area contributed by atoms with Crippen molar-refractivity contribution in [1.82, 2.24) is 0 Å². The molecular weight excluding hydrogens is 184 g/mol. The molecule has 0 spiro atoms. The van der Waals surface area contributed by atoms with Crippen LogP contribution in [0.25, 0.3) is 6.08 Å². The number of fused-ring (bicyclic) bond motifs is 1. The standard InChI is InChI=1S/C10H10O2S/c1-7-5-8(2)10-9(6-7)3-4-13(10,11)12/h3-6H,1-2H3. The Bertz CT molecular complexity index is 496. The molecule has 0 fully saturated rings. The first-order valence-corrected chi connectivity index (χ1v) is 5.60. The van der Waals surface area contributed by atoms with Crippen LogP contribution in [-0.4, -0.2) is 8.42 Å². The Morgan fingerprint density at radius 2 is 1.85 bits per heavy atom. The van der Waals surface area contributed by atoms with Gasteiger partial charge in [0.05, 0.1) is 4.90 Å². The minimum Gasteiger partial charge on any atom is -0.219 e. The fourth-order valence-corrected chi connectivity index (χ4v) is 3.16. The summed E-state index contributed by atoms with van der Waals surface area (Å²) in [6, 6.07) is 3.78. The molecule has 1 aliphatic heterocycles. The second kappa shape index (κ2) is 2.45. The lowest BCUT2D eigenvalue weighted by Gasteiger charge is -2.04. The molecular formula is C10H10O2S. The van der Waals surface area contributed by atoms with Crippen LogP contribution < -0.4 is 0 Å². The van der Waals surface area contributed by atoms with Gasteiger partial charge in [0, 0.05) is 5.41 Å². The molecule has 1 aromatic rings. The first-order valence-electron chi connectivity index (χ1n) is 4.05. The van der Waals surface area contributed by atoms with E-state index >= 15 is 0 Å². The zero-order valence-electron chi connectivity index (χ0n) is 7.53. The van der Waals surface area contributed by atoms with Crippen LogP contribution in [0.15, 0.2) is 22.4 Å². The number of benzene rings is 1. The highest BCUT2D eigenvalue weighted by molar-refractivity contribution is 7.94. The lowest BCUT2D eigenvalue weighted by Crippen LogP contribution is -1.97. The third-order valence-electron chi connectivity index (χ3n) is 2.16. The van der Waals surface area contributed by atoms with Crippen LogP contribution in [0.2, 0.25) is 0 Å². The van der Waals surface area contributed by atoms with E-state index in [9.17, 15) is 8.42 Å². The van der Waals surface area contributed by atoms with Gasteiger partial charge in [-0.3, -0.25) is 0 Å². The molecule has 0 saturated heterocycles. The molecule has 2 rings (SSSR count). The third-order valence-corrected chi connectivity index (χ3v) is 3.78. The smallest absolute Gasteiger partial charge is 0.200 e. The molecule has 1 heterocycles. The van der Waals surface area contributed by atoms with Gasteiger partial charge >= 0.3 is 0 Å². The molecule has 0 amide bonds. The van der Waals surface area contributed by atoms with E-state index in [0.29, 0.717) is 4.90 Å². The van der Waals surface area contributed by atoms with Gasteiger partial charge in [-0.25, -0.2) is 8.42 Å². The highest BCUT2D eigenvalue weighted by atomic mass is 32.2. The van der Waals surface area contributed by atoms with Gasteiger partial charge in [-0.05, 0) is 31.1 Å². The molecule has 0 bridgehead atoms. The molecule has 0 saturated carbocycles. The molecule has 3 heteroatoms. The van der Waals surface area contributed by atoms with Gasteiger partial charge in [0.15, 0.2) is 0 Å². The van der Waals surface area contributed by atoms with E-state index in [4.69, 9.17) is 0 Å². The zero-order valence-corrected chi connectivity index (χ0v) is 8.35. The van der Waals surface area contributed by atoms with Crippen molar-refractivity contribution in [3.63, 3.8) is 0 Å². The second-order valence-corrected chi connectivity index (χ2v) is 5.12. The summed E-state index contributed by atoms with van der Waals surface area (Å²) >= 11 is 0. The topological polar surface area (TPSA) is 34.1 Å². The monoisotopic (exact) mass is 194 g/mol. The second-order valence-electron chi connectivity index (χ2n) is 3.35. The van der Waals surface area contributed by atoms with Crippen LogP contribution >= 0.6 is 0 Å². The largest absolute Gasteiger partial charge is 0.219 e. The first-order chi connectivity index (χ1) is 6.00. The Morgan fingerprint density at radius 3 is 2.54 bits per heavy atom. The van der Waals surface area contributed by atoms with Crippen molar-refractivity contribution in [2.45, 2.75) is 18.7 Å². The van der Waals surface area contributed by atoms with Gasteiger partial charge in [0.1, 0.15) is 0 Å². The Kier molecular flexibility index (Phi) is 1.60. The molecule has 0 atom stereocenters. The minimum absolute atomic E-state index is 0.470. The summed E-state index contributed by atoms with van der Waals surface area (Å²) in [7, 11) is -3.13. The lowest BCUT2D eigenvalue weighted by molar-refractivity contribution is 0.605. The van der Waals surface area contributed by atoms with Crippen molar-refractivity contribution in [3.8, 4) is 0 Å². The van der Waals surface area contributed by atoms with E-state index in [1.165, 1.54) is 5.41 Å². The molecule has 1 aliphatic rings. The number of hydrogen-bond donors (Lipinski definition) is 0. The van der Waals surface area contributed by atoms with Crippen LogP contribution in [0.5, 0.6) is 0 Å². The van der Waals surface area contributed by atoms with E-state index in [1.807, 2.05) is 26.0 Å². The number of sulfone groups is 1. The molecule has 68 valence electrons. The van der Waals surface area contributed by atoms with Crippen molar-refractivity contribution >= 4 is 15.9 Å². The maximum Gasteiger partial charge on any atom is 0.200 e. The number of hydrogen-bond acceptors (Lipinski definition) is 2. The van der Waals surface area contributed by atoms with Gasteiger partial charge in [0.25, 0.3) is 0 Å². The Hall–Kier alpha value is -1.09. The maximum atomic E-state index is 11.5. The summed E-state index contributed by atoms with van der Waals surface area (Å²) in [5.41, 5.74) is 2.75. The Morgan fingerprint density at radius 1 is 1.15 bits per heavy atom. The summed E-state index contributed by atoms with van der Waals surface area (Å²) in [6.45, 7) is 3.79. The molecule has 1 aromatic carbocycles. The summed E-state index contributed by atoms with van der Waals surface area (Å²) < 4.78 is 23.0. The summed E-state index contributed by atoms with van der Waals surface area (Å²) in [5, 5.41) is 1.27. The Labute approximate surface area is 77.8 Å². The van der Waals surface area contributed by atoms with Gasteiger partial charge in [-0.1, -0.05) is 17.7 Å². The number of rotatable bonds is 0. The van der Waals surface area contributed by atoms with E-state index in [1.54, 1.807) is 6.08 Å². The normalized spacial score (nSPS) is 17.4. The van der Waals surface area contributed by atoms with E-state index in [0.717, 1.165) is 16.7 Å². The highest BCUT2D eigenvalue weighted by Gasteiger charge is 2.22. The highest BCUT2D eigenvalue weighted by Crippen LogP contribution is 2.30. The van der Waals surface area contributed by atoms with Gasteiger partial charge < -0.3 is 0 Å². The fraction of sp³-hybridized carbons (Fsp3) is 0.200. The predicted molar refractivity (Wildman–Crippen MR) is 52.1 cm³/mol. The molecule has 0 radical (unpaired) electrons. The van der Waals surface area contributed by atoms with Crippen molar-refractivity contribution in [3.05, 3.63) is 34.2 Å². The van der Waals surface area contributed by atoms with E-state index in [-0.39, 0.29) is 0 Å². The van der Waals surface area contributed by atoms with Crippen LogP contribution in [0.4, 0.5) is 0 Å². The van der Waals surface area contributed by atoms with Gasteiger partial charge in [0.2, 0.25) is 9.84 Å². The predicted octanol–water partition coefficient (Wildman–Crippen LogP) is 2.06. The van der Waals surface area contributed by atoms with Crippen LogP contribution in [0.1, 0.15) is 16.7 Å². The minimum atomic E-state index is -3.13. The molecule has 0 N–H and O–H groups in total. The van der Waals surface area contributed by atoms with Crippen molar-refractivity contribution in [2.24, 2.45) is 0 Å². The SMILES string of the molecule is Cc1cc(C)c2c(c1)C=CS2(=O)=O. The molecule has 0 aliphatic carbocycles. The number of aryl methyl sites for hydroxylation is 2. The van der Waals surface area contributed by atoms with Crippen LogP contribution in [0.3, 0.4) is 0 Å². The fourth-order valence-electron chi connectivity index (χ4n) is 1.73. The average Bonchev–Trinajstić information content (AvgIpc) is 2.26. The Balaban J connectivity index is 2.86. The average molecular weight is 194 g/mol. The van der Waals surface area contributed by atoms with E-state index < -0.39 is 9.84 Å². The zero-order chi connectivity index (χ0) is 9.64. The molecule has 13 heavy (non-hydrogen) atoms. The summed E-state index contributed by atoms with van der Waals surface area (Å²) in [4.78, 5) is 0.470. The van der Waals surface area contributed by atoms with Crippen molar-refractivity contribution < 1.29 is 8.42 Å². The van der Waals surface area contributed by atoms with Crippen LogP contribution in [-0.2, 0) is 9.84 Å².